The fourth-order valence-electron chi connectivity index (χ4n) is 1.34. The molecule has 0 aliphatic carbocycles. The van der Waals surface area contributed by atoms with E-state index < -0.39 is 0 Å². The highest BCUT2D eigenvalue weighted by atomic mass is 127. The number of rotatable bonds is 6. The first kappa shape index (κ1) is 14.0. The number of halogens is 1. The van der Waals surface area contributed by atoms with Crippen molar-refractivity contribution in [2.75, 3.05) is 6.54 Å². The molecule has 0 radical (unpaired) electrons. The van der Waals surface area contributed by atoms with Gasteiger partial charge in [0.25, 0.3) is 0 Å². The summed E-state index contributed by atoms with van der Waals surface area (Å²) in [4.78, 5) is 22.0. The van der Waals surface area contributed by atoms with E-state index in [1.165, 1.54) is 0 Å². The molecule has 0 atom stereocenters. The fraction of sp³-hybridized carbons (Fsp3) is 0.333. The number of nitrogens with two attached hydrogens (primary N) is 1. The van der Waals surface area contributed by atoms with Crippen LogP contribution in [0.4, 0.5) is 0 Å². The summed E-state index contributed by atoms with van der Waals surface area (Å²) in [5.74, 6) is -0.368. The Morgan fingerprint density at radius 2 is 1.88 bits per heavy atom. The molecule has 1 rings (SSSR count). The predicted octanol–water partition coefficient (Wildman–Crippen LogP) is 1.22. The Labute approximate surface area is 114 Å². The van der Waals surface area contributed by atoms with Gasteiger partial charge in [-0.15, -0.1) is 0 Å². The Balaban J connectivity index is 2.25. The van der Waals surface area contributed by atoms with Gasteiger partial charge in [0, 0.05) is 16.5 Å². The first-order valence-electron chi connectivity index (χ1n) is 5.37. The van der Waals surface area contributed by atoms with E-state index in [4.69, 9.17) is 5.73 Å². The molecule has 0 aliphatic heterocycles. The van der Waals surface area contributed by atoms with Crippen LogP contribution < -0.4 is 11.1 Å². The predicted molar refractivity (Wildman–Crippen MR) is 74.3 cm³/mol. The monoisotopic (exact) mass is 346 g/mol. The van der Waals surface area contributed by atoms with Gasteiger partial charge in [-0.3, -0.25) is 9.59 Å². The Morgan fingerprint density at radius 1 is 1.24 bits per heavy atom. The van der Waals surface area contributed by atoms with E-state index in [1.54, 1.807) is 0 Å². The van der Waals surface area contributed by atoms with Gasteiger partial charge < -0.3 is 11.1 Å². The molecule has 1 aromatic rings. The second-order valence-corrected chi connectivity index (χ2v) is 4.97. The number of amides is 2. The number of hydrogen-bond donors (Lipinski definition) is 2. The van der Waals surface area contributed by atoms with Crippen LogP contribution in [0.5, 0.6) is 0 Å². The van der Waals surface area contributed by atoms with Crippen LogP contribution in [0.1, 0.15) is 18.4 Å². The van der Waals surface area contributed by atoms with Crippen molar-refractivity contribution in [1.29, 1.82) is 0 Å². The molecule has 4 nitrogen and oxygen atoms in total. The van der Waals surface area contributed by atoms with Gasteiger partial charge in [-0.25, -0.2) is 0 Å². The highest BCUT2D eigenvalue weighted by Gasteiger charge is 2.03. The molecule has 0 aliphatic rings. The molecular formula is C12H15IN2O2. The third-order valence-corrected chi connectivity index (χ3v) is 2.92. The number of carbonyl (C=O) groups excluding carboxylic acids is 2. The molecule has 0 saturated carbocycles. The third-order valence-electron chi connectivity index (χ3n) is 2.20. The maximum Gasteiger partial charge on any atom is 0.224 e. The van der Waals surface area contributed by atoms with E-state index >= 15 is 0 Å². The molecule has 0 bridgehead atoms. The third kappa shape index (κ3) is 6.25. The van der Waals surface area contributed by atoms with Crippen LogP contribution in [-0.2, 0) is 16.0 Å². The first-order valence-corrected chi connectivity index (χ1v) is 6.45. The molecule has 0 saturated heterocycles. The van der Waals surface area contributed by atoms with Crippen molar-refractivity contribution in [2.45, 2.75) is 19.3 Å². The maximum absolute atomic E-state index is 11.5. The van der Waals surface area contributed by atoms with E-state index in [0.29, 0.717) is 25.8 Å². The molecule has 2 amide bonds. The van der Waals surface area contributed by atoms with Crippen LogP contribution in [0.2, 0.25) is 0 Å². The molecule has 0 fully saturated rings. The normalized spacial score (nSPS) is 9.94. The minimum atomic E-state index is -0.336. The summed E-state index contributed by atoms with van der Waals surface area (Å²) < 4.78 is 1.15. The SMILES string of the molecule is NC(=O)CCCNC(=O)Cc1ccc(I)cc1. The quantitative estimate of drug-likeness (QED) is 0.601. The smallest absolute Gasteiger partial charge is 0.224 e. The Kier molecular flexibility index (Phi) is 5.96. The molecular weight excluding hydrogens is 331 g/mol. The van der Waals surface area contributed by atoms with E-state index in [9.17, 15) is 9.59 Å². The average Bonchev–Trinajstić information content (AvgIpc) is 2.27. The highest BCUT2D eigenvalue weighted by Crippen LogP contribution is 2.07. The van der Waals surface area contributed by atoms with Crippen molar-refractivity contribution < 1.29 is 9.59 Å². The highest BCUT2D eigenvalue weighted by molar-refractivity contribution is 14.1. The van der Waals surface area contributed by atoms with Crippen molar-refractivity contribution in [1.82, 2.24) is 5.32 Å². The van der Waals surface area contributed by atoms with Gasteiger partial charge in [-0.05, 0) is 46.7 Å². The summed E-state index contributed by atoms with van der Waals surface area (Å²) in [6, 6.07) is 7.81. The summed E-state index contributed by atoms with van der Waals surface area (Å²) in [5.41, 5.74) is 5.98. The van der Waals surface area contributed by atoms with Gasteiger partial charge in [-0.2, -0.15) is 0 Å². The van der Waals surface area contributed by atoms with Crippen LogP contribution in [0.3, 0.4) is 0 Å². The van der Waals surface area contributed by atoms with Crippen molar-refractivity contribution in [3.8, 4) is 0 Å². The Bertz CT molecular complexity index is 390. The van der Waals surface area contributed by atoms with E-state index in [1.807, 2.05) is 24.3 Å². The lowest BCUT2D eigenvalue weighted by molar-refractivity contribution is -0.121. The number of primary amides is 1. The van der Waals surface area contributed by atoms with Gasteiger partial charge >= 0.3 is 0 Å². The largest absolute Gasteiger partial charge is 0.370 e. The molecule has 17 heavy (non-hydrogen) atoms. The minimum Gasteiger partial charge on any atom is -0.370 e. The summed E-state index contributed by atoms with van der Waals surface area (Å²) in [5, 5.41) is 2.75. The zero-order valence-electron chi connectivity index (χ0n) is 9.41. The van der Waals surface area contributed by atoms with Crippen molar-refractivity contribution >= 4 is 34.4 Å². The standard InChI is InChI=1S/C12H15IN2O2/c13-10-5-3-9(4-6-10)8-12(17)15-7-1-2-11(14)16/h3-6H,1-2,7-8H2,(H2,14,16)(H,15,17). The van der Waals surface area contributed by atoms with Crippen LogP contribution in [0.25, 0.3) is 0 Å². The van der Waals surface area contributed by atoms with E-state index in [2.05, 4.69) is 27.9 Å². The first-order chi connectivity index (χ1) is 8.08. The van der Waals surface area contributed by atoms with E-state index in [0.717, 1.165) is 9.13 Å². The molecule has 1 aromatic carbocycles. The van der Waals surface area contributed by atoms with Crippen LogP contribution in [0.15, 0.2) is 24.3 Å². The van der Waals surface area contributed by atoms with Gasteiger partial charge in [0.15, 0.2) is 0 Å². The second kappa shape index (κ2) is 7.26. The lowest BCUT2D eigenvalue weighted by atomic mass is 10.1. The molecule has 3 N–H and O–H groups in total. The van der Waals surface area contributed by atoms with Crippen LogP contribution in [0, 0.1) is 3.57 Å². The number of nitrogens with one attached hydrogen (secondary N) is 1. The fourth-order valence-corrected chi connectivity index (χ4v) is 1.70. The average molecular weight is 346 g/mol. The van der Waals surface area contributed by atoms with Crippen molar-refractivity contribution in [2.24, 2.45) is 5.73 Å². The molecule has 0 spiro atoms. The molecule has 0 heterocycles. The summed E-state index contributed by atoms with van der Waals surface area (Å²) in [6.45, 7) is 0.492. The molecule has 92 valence electrons. The van der Waals surface area contributed by atoms with Gasteiger partial charge in [0.2, 0.25) is 11.8 Å². The Morgan fingerprint density at radius 3 is 2.47 bits per heavy atom. The Hall–Kier alpha value is -1.11. The summed E-state index contributed by atoms with van der Waals surface area (Å²) in [6.07, 6.45) is 1.27. The molecule has 0 aromatic heterocycles. The zero-order valence-corrected chi connectivity index (χ0v) is 11.6. The number of benzene rings is 1. The van der Waals surface area contributed by atoms with Gasteiger partial charge in [-0.1, -0.05) is 12.1 Å². The van der Waals surface area contributed by atoms with Crippen LogP contribution in [-0.4, -0.2) is 18.4 Å². The topological polar surface area (TPSA) is 72.2 Å². The van der Waals surface area contributed by atoms with Gasteiger partial charge in [0.1, 0.15) is 0 Å². The second-order valence-electron chi connectivity index (χ2n) is 3.72. The maximum atomic E-state index is 11.5. The van der Waals surface area contributed by atoms with Gasteiger partial charge in [0.05, 0.1) is 6.42 Å². The van der Waals surface area contributed by atoms with Crippen molar-refractivity contribution in [3.63, 3.8) is 0 Å². The summed E-state index contributed by atoms with van der Waals surface area (Å²) >= 11 is 2.22. The minimum absolute atomic E-state index is 0.0318. The summed E-state index contributed by atoms with van der Waals surface area (Å²) in [7, 11) is 0. The number of carbonyl (C=O) groups is 2. The zero-order chi connectivity index (χ0) is 12.7. The lowest BCUT2D eigenvalue weighted by Gasteiger charge is -2.04. The number of hydrogen-bond acceptors (Lipinski definition) is 2. The lowest BCUT2D eigenvalue weighted by Crippen LogP contribution is -2.27. The van der Waals surface area contributed by atoms with Crippen LogP contribution >= 0.6 is 22.6 Å². The molecule has 5 heteroatoms. The van der Waals surface area contributed by atoms with E-state index in [-0.39, 0.29) is 11.8 Å². The molecule has 0 unspecified atom stereocenters. The van der Waals surface area contributed by atoms with Crippen molar-refractivity contribution in [3.05, 3.63) is 33.4 Å².